The number of nitrogens with two attached hydrogens (primary N) is 1. The molecule has 3 N–H and O–H groups in total. The number of rotatable bonds is 5. The van der Waals surface area contributed by atoms with E-state index in [4.69, 9.17) is 10.8 Å². The van der Waals surface area contributed by atoms with Gasteiger partial charge in [0, 0.05) is 18.3 Å². The molecule has 1 heterocycles. The Hall–Kier alpha value is -2.59. The van der Waals surface area contributed by atoms with E-state index < -0.39 is 12.0 Å². The molecule has 22 heavy (non-hydrogen) atoms. The third-order valence-corrected chi connectivity index (χ3v) is 3.83. The second-order valence-corrected chi connectivity index (χ2v) is 5.47. The third kappa shape index (κ3) is 3.02. The highest BCUT2D eigenvalue weighted by Crippen LogP contribution is 2.17. The zero-order valence-electron chi connectivity index (χ0n) is 12.1. The molecular weight excluding hydrogens is 276 g/mol. The Morgan fingerprint density at radius 3 is 2.45 bits per heavy atom. The quantitative estimate of drug-likeness (QED) is 0.760. The summed E-state index contributed by atoms with van der Waals surface area (Å²) in [6, 6.07) is 17.5. The fraction of sp³-hybridized carbons (Fsp3) is 0.167. The van der Waals surface area contributed by atoms with Crippen LogP contribution < -0.4 is 5.73 Å². The molecular formula is C18H18N2O2. The molecule has 112 valence electrons. The normalized spacial score (nSPS) is 12.4. The lowest BCUT2D eigenvalue weighted by molar-refractivity contribution is -0.138. The number of benzene rings is 2. The van der Waals surface area contributed by atoms with Crippen LogP contribution in [0.3, 0.4) is 0 Å². The van der Waals surface area contributed by atoms with E-state index in [1.165, 1.54) is 16.5 Å². The minimum Gasteiger partial charge on any atom is -0.480 e. The summed E-state index contributed by atoms with van der Waals surface area (Å²) in [5.41, 5.74) is 8.88. The van der Waals surface area contributed by atoms with E-state index in [2.05, 4.69) is 29.0 Å². The number of carbonyl (C=O) groups is 1. The molecule has 0 radical (unpaired) electrons. The van der Waals surface area contributed by atoms with Gasteiger partial charge in [-0.25, -0.2) is 0 Å². The molecule has 3 rings (SSSR count). The summed E-state index contributed by atoms with van der Waals surface area (Å²) in [5, 5.41) is 10.1. The summed E-state index contributed by atoms with van der Waals surface area (Å²) >= 11 is 0. The lowest BCUT2D eigenvalue weighted by atomic mass is 10.0. The second-order valence-electron chi connectivity index (χ2n) is 5.47. The van der Waals surface area contributed by atoms with Gasteiger partial charge in [0.15, 0.2) is 0 Å². The van der Waals surface area contributed by atoms with Gasteiger partial charge >= 0.3 is 5.97 Å². The fourth-order valence-electron chi connectivity index (χ4n) is 2.60. The maximum absolute atomic E-state index is 10.8. The van der Waals surface area contributed by atoms with Crippen LogP contribution in [0, 0.1) is 0 Å². The lowest BCUT2D eigenvalue weighted by Gasteiger charge is -2.09. The van der Waals surface area contributed by atoms with Crippen molar-refractivity contribution in [3.63, 3.8) is 0 Å². The molecule has 4 nitrogen and oxygen atoms in total. The van der Waals surface area contributed by atoms with E-state index in [1.807, 2.05) is 36.4 Å². The highest BCUT2D eigenvalue weighted by Gasteiger charge is 2.11. The third-order valence-electron chi connectivity index (χ3n) is 3.83. The first-order valence-electron chi connectivity index (χ1n) is 7.23. The van der Waals surface area contributed by atoms with Gasteiger partial charge in [-0.05, 0) is 35.1 Å². The molecule has 0 amide bonds. The van der Waals surface area contributed by atoms with E-state index in [1.54, 1.807) is 0 Å². The Morgan fingerprint density at radius 2 is 1.73 bits per heavy atom. The highest BCUT2D eigenvalue weighted by molar-refractivity contribution is 5.80. The molecule has 0 aliphatic carbocycles. The number of aromatic nitrogens is 1. The average Bonchev–Trinajstić information content (AvgIpc) is 2.92. The first kappa shape index (κ1) is 14.4. The van der Waals surface area contributed by atoms with Crippen molar-refractivity contribution >= 4 is 16.9 Å². The zero-order chi connectivity index (χ0) is 15.5. The topological polar surface area (TPSA) is 68.2 Å². The molecule has 1 atom stereocenters. The maximum atomic E-state index is 10.8. The van der Waals surface area contributed by atoms with Crippen LogP contribution in [0.25, 0.3) is 10.9 Å². The molecule has 0 saturated carbocycles. The average molecular weight is 294 g/mol. The SMILES string of the molecule is N[C@@H](Cc1ccc(Cn2ccc3ccccc32)cc1)C(=O)O. The summed E-state index contributed by atoms with van der Waals surface area (Å²) in [6.07, 6.45) is 2.43. The smallest absolute Gasteiger partial charge is 0.320 e. The molecule has 1 aromatic heterocycles. The van der Waals surface area contributed by atoms with Crippen molar-refractivity contribution in [1.29, 1.82) is 0 Å². The molecule has 0 bridgehead atoms. The first-order chi connectivity index (χ1) is 10.6. The second kappa shape index (κ2) is 6.03. The Kier molecular flexibility index (Phi) is 3.94. The van der Waals surface area contributed by atoms with Crippen molar-refractivity contribution in [1.82, 2.24) is 4.57 Å². The van der Waals surface area contributed by atoms with Gasteiger partial charge in [0.05, 0.1) is 0 Å². The predicted molar refractivity (Wildman–Crippen MR) is 86.8 cm³/mol. The van der Waals surface area contributed by atoms with Crippen LogP contribution in [-0.4, -0.2) is 21.7 Å². The number of carboxylic acid groups (broad SMARTS) is 1. The summed E-state index contributed by atoms with van der Waals surface area (Å²) in [5.74, 6) is -0.970. The fourth-order valence-corrected chi connectivity index (χ4v) is 2.60. The van der Waals surface area contributed by atoms with Crippen LogP contribution in [0.5, 0.6) is 0 Å². The lowest BCUT2D eigenvalue weighted by Crippen LogP contribution is -2.32. The largest absolute Gasteiger partial charge is 0.480 e. The van der Waals surface area contributed by atoms with Crippen LogP contribution in [0.4, 0.5) is 0 Å². The number of aliphatic carboxylic acids is 1. The van der Waals surface area contributed by atoms with Crippen molar-refractivity contribution in [2.75, 3.05) is 0 Å². The van der Waals surface area contributed by atoms with Crippen LogP contribution in [0.2, 0.25) is 0 Å². The van der Waals surface area contributed by atoms with E-state index >= 15 is 0 Å². The van der Waals surface area contributed by atoms with Gasteiger partial charge < -0.3 is 15.4 Å². The van der Waals surface area contributed by atoms with Gasteiger partial charge in [0.2, 0.25) is 0 Å². The monoisotopic (exact) mass is 294 g/mol. The van der Waals surface area contributed by atoms with Crippen molar-refractivity contribution in [2.24, 2.45) is 5.73 Å². The number of para-hydroxylation sites is 1. The summed E-state index contributed by atoms with van der Waals surface area (Å²) in [7, 11) is 0. The Balaban J connectivity index is 1.75. The van der Waals surface area contributed by atoms with E-state index in [-0.39, 0.29) is 0 Å². The molecule has 2 aromatic carbocycles. The maximum Gasteiger partial charge on any atom is 0.320 e. The van der Waals surface area contributed by atoms with Crippen molar-refractivity contribution in [2.45, 2.75) is 19.0 Å². The number of carboxylic acids is 1. The van der Waals surface area contributed by atoms with Crippen LogP contribution in [0.15, 0.2) is 60.8 Å². The van der Waals surface area contributed by atoms with Gasteiger partial charge in [0.1, 0.15) is 6.04 Å². The van der Waals surface area contributed by atoms with E-state index in [0.717, 1.165) is 12.1 Å². The number of nitrogens with zero attached hydrogens (tertiary/aromatic N) is 1. The van der Waals surface area contributed by atoms with Gasteiger partial charge in [-0.15, -0.1) is 0 Å². The summed E-state index contributed by atoms with van der Waals surface area (Å²) in [6.45, 7) is 0.790. The van der Waals surface area contributed by atoms with Crippen molar-refractivity contribution in [3.05, 3.63) is 71.9 Å². The van der Waals surface area contributed by atoms with Crippen molar-refractivity contribution in [3.8, 4) is 0 Å². The van der Waals surface area contributed by atoms with Gasteiger partial charge in [0.25, 0.3) is 0 Å². The number of hydrogen-bond acceptors (Lipinski definition) is 2. The molecule has 0 fully saturated rings. The minimum absolute atomic E-state index is 0.349. The molecule has 3 aromatic rings. The molecule has 0 spiro atoms. The summed E-state index contributed by atoms with van der Waals surface area (Å²) in [4.78, 5) is 10.8. The number of hydrogen-bond donors (Lipinski definition) is 2. The Bertz CT molecular complexity index is 790. The predicted octanol–water partition coefficient (Wildman–Crippen LogP) is 2.64. The zero-order valence-corrected chi connectivity index (χ0v) is 12.1. The number of fused-ring (bicyclic) bond motifs is 1. The van der Waals surface area contributed by atoms with Crippen LogP contribution >= 0.6 is 0 Å². The van der Waals surface area contributed by atoms with Gasteiger partial charge in [-0.2, -0.15) is 0 Å². The van der Waals surface area contributed by atoms with Gasteiger partial charge in [-0.3, -0.25) is 4.79 Å². The Morgan fingerprint density at radius 1 is 1.05 bits per heavy atom. The molecule has 0 saturated heterocycles. The molecule has 0 unspecified atom stereocenters. The molecule has 4 heteroatoms. The molecule has 0 aliphatic heterocycles. The summed E-state index contributed by atoms with van der Waals surface area (Å²) < 4.78 is 2.20. The highest BCUT2D eigenvalue weighted by atomic mass is 16.4. The Labute approximate surface area is 128 Å². The van der Waals surface area contributed by atoms with Crippen LogP contribution in [0.1, 0.15) is 11.1 Å². The standard InChI is InChI=1S/C18H18N2O2/c19-16(18(21)22)11-13-5-7-14(8-6-13)12-20-10-9-15-3-1-2-4-17(15)20/h1-10,16H,11-12,19H2,(H,21,22)/t16-/m0/s1. The van der Waals surface area contributed by atoms with E-state index in [9.17, 15) is 4.79 Å². The van der Waals surface area contributed by atoms with Gasteiger partial charge in [-0.1, -0.05) is 42.5 Å². The van der Waals surface area contributed by atoms with E-state index in [0.29, 0.717) is 6.42 Å². The van der Waals surface area contributed by atoms with Crippen LogP contribution in [-0.2, 0) is 17.8 Å². The van der Waals surface area contributed by atoms with Crippen molar-refractivity contribution < 1.29 is 9.90 Å². The first-order valence-corrected chi connectivity index (χ1v) is 7.23. The molecule has 0 aliphatic rings. The minimum atomic E-state index is -0.970.